The third kappa shape index (κ3) is 2.88. The Morgan fingerprint density at radius 1 is 1.35 bits per heavy atom. The summed E-state index contributed by atoms with van der Waals surface area (Å²) in [5.74, 6) is -0.626. The molecule has 23 heavy (non-hydrogen) atoms. The van der Waals surface area contributed by atoms with Crippen LogP contribution >= 0.6 is 0 Å². The number of benzene rings is 1. The monoisotopic (exact) mass is 325 g/mol. The summed E-state index contributed by atoms with van der Waals surface area (Å²) in [7, 11) is 1.15. The zero-order valence-electron chi connectivity index (χ0n) is 12.2. The highest BCUT2D eigenvalue weighted by atomic mass is 19.4. The zero-order chi connectivity index (χ0) is 16.6. The minimum Gasteiger partial charge on any atom is -0.464 e. The van der Waals surface area contributed by atoms with Crippen molar-refractivity contribution in [2.75, 3.05) is 12.4 Å². The van der Waals surface area contributed by atoms with Crippen LogP contribution in [0.2, 0.25) is 0 Å². The molecule has 0 unspecified atom stereocenters. The molecule has 3 rings (SSSR count). The van der Waals surface area contributed by atoms with Gasteiger partial charge in [0.1, 0.15) is 5.82 Å². The van der Waals surface area contributed by atoms with E-state index >= 15 is 0 Å². The van der Waals surface area contributed by atoms with E-state index < -0.39 is 24.2 Å². The maximum Gasteiger partial charge on any atom is 0.410 e. The molecule has 122 valence electrons. The van der Waals surface area contributed by atoms with Gasteiger partial charge >= 0.3 is 12.1 Å². The first kappa shape index (κ1) is 15.4. The summed E-state index contributed by atoms with van der Waals surface area (Å²) in [5, 5.41) is 6.76. The average Bonchev–Trinajstić information content (AvgIpc) is 2.96. The number of hydrogen-bond acceptors (Lipinski definition) is 4. The average molecular weight is 325 g/mol. The largest absolute Gasteiger partial charge is 0.464 e. The number of ether oxygens (including phenoxy) is 1. The Labute approximate surface area is 130 Å². The third-order valence-electron chi connectivity index (χ3n) is 3.79. The molecule has 1 N–H and O–H groups in total. The summed E-state index contributed by atoms with van der Waals surface area (Å²) < 4.78 is 45.5. The first-order valence-corrected chi connectivity index (χ1v) is 6.96. The third-order valence-corrected chi connectivity index (χ3v) is 3.79. The van der Waals surface area contributed by atoms with E-state index in [1.807, 2.05) is 0 Å². The Balaban J connectivity index is 2.01. The molecule has 0 bridgehead atoms. The molecule has 5 nitrogen and oxygen atoms in total. The lowest BCUT2D eigenvalue weighted by Crippen LogP contribution is -2.35. The van der Waals surface area contributed by atoms with Crippen molar-refractivity contribution in [3.63, 3.8) is 0 Å². The number of fused-ring (bicyclic) bond motifs is 1. The maximum absolute atomic E-state index is 13.4. The van der Waals surface area contributed by atoms with E-state index in [4.69, 9.17) is 0 Å². The molecular formula is C15H14F3N3O2. The highest BCUT2D eigenvalue weighted by Crippen LogP contribution is 2.43. The van der Waals surface area contributed by atoms with Gasteiger partial charge in [-0.2, -0.15) is 18.3 Å². The van der Waals surface area contributed by atoms with Gasteiger partial charge in [-0.1, -0.05) is 30.3 Å². The second kappa shape index (κ2) is 5.60. The summed E-state index contributed by atoms with van der Waals surface area (Å²) in [6.07, 6.45) is -4.67. The van der Waals surface area contributed by atoms with Crippen molar-refractivity contribution < 1.29 is 22.7 Å². The van der Waals surface area contributed by atoms with Gasteiger partial charge in [-0.3, -0.25) is 0 Å². The Hall–Kier alpha value is -2.51. The van der Waals surface area contributed by atoms with Crippen LogP contribution in [0.15, 0.2) is 36.4 Å². The number of methoxy groups -OCH3 is 1. The molecule has 0 saturated heterocycles. The molecule has 0 radical (unpaired) electrons. The fraction of sp³-hybridized carbons (Fsp3) is 0.333. The van der Waals surface area contributed by atoms with Crippen LogP contribution in [0.4, 0.5) is 19.0 Å². The minimum atomic E-state index is -4.47. The van der Waals surface area contributed by atoms with E-state index in [0.29, 0.717) is 0 Å². The first-order chi connectivity index (χ1) is 10.9. The summed E-state index contributed by atoms with van der Waals surface area (Å²) in [6.45, 7) is 0. The van der Waals surface area contributed by atoms with E-state index in [9.17, 15) is 18.0 Å². The number of carbonyl (C=O) groups excluding carboxylic acids is 1. The normalized spacial score (nSPS) is 20.5. The standard InChI is InChI=1S/C15H14F3N3O2/c1-23-14(22)11-8-13-19-10(9-5-3-2-4-6-9)7-12(15(16,17)18)21(13)20-11/h2-6,8,10,12,19H,7H2,1H3/t10-,12+/m0/s1. The van der Waals surface area contributed by atoms with E-state index in [-0.39, 0.29) is 17.9 Å². The molecule has 2 heterocycles. The number of carbonyl (C=O) groups is 1. The number of anilines is 1. The van der Waals surface area contributed by atoms with Crippen LogP contribution in [-0.2, 0) is 4.74 Å². The lowest BCUT2D eigenvalue weighted by Gasteiger charge is -2.33. The van der Waals surface area contributed by atoms with Crippen LogP contribution in [0, 0.1) is 0 Å². The molecule has 0 aliphatic carbocycles. The van der Waals surface area contributed by atoms with E-state index in [1.54, 1.807) is 30.3 Å². The second-order valence-corrected chi connectivity index (χ2v) is 5.25. The lowest BCUT2D eigenvalue weighted by atomic mass is 9.97. The molecule has 2 aromatic rings. The molecule has 1 aliphatic heterocycles. The fourth-order valence-corrected chi connectivity index (χ4v) is 2.68. The number of halogens is 3. The molecule has 1 aliphatic rings. The van der Waals surface area contributed by atoms with Crippen molar-refractivity contribution in [1.29, 1.82) is 0 Å². The van der Waals surface area contributed by atoms with Crippen molar-refractivity contribution >= 4 is 11.8 Å². The SMILES string of the molecule is COC(=O)c1cc2n(n1)[C@@H](C(F)(F)F)C[C@@H](c1ccccc1)N2. The smallest absolute Gasteiger partial charge is 0.410 e. The van der Waals surface area contributed by atoms with Crippen LogP contribution in [0.5, 0.6) is 0 Å². The number of alkyl halides is 3. The Kier molecular flexibility index (Phi) is 3.75. The minimum absolute atomic E-state index is 0.146. The molecule has 1 aromatic carbocycles. The fourth-order valence-electron chi connectivity index (χ4n) is 2.68. The van der Waals surface area contributed by atoms with Gasteiger partial charge in [-0.05, 0) is 5.56 Å². The first-order valence-electron chi connectivity index (χ1n) is 6.96. The number of aromatic nitrogens is 2. The van der Waals surface area contributed by atoms with Gasteiger partial charge in [0.05, 0.1) is 13.2 Å². The highest BCUT2D eigenvalue weighted by molar-refractivity contribution is 5.88. The van der Waals surface area contributed by atoms with Crippen molar-refractivity contribution in [2.45, 2.75) is 24.7 Å². The molecule has 0 saturated carbocycles. The van der Waals surface area contributed by atoms with E-state index in [0.717, 1.165) is 17.4 Å². The van der Waals surface area contributed by atoms with Crippen LogP contribution in [-0.4, -0.2) is 29.0 Å². The maximum atomic E-state index is 13.4. The van der Waals surface area contributed by atoms with Crippen molar-refractivity contribution in [2.24, 2.45) is 0 Å². The Morgan fingerprint density at radius 2 is 2.04 bits per heavy atom. The van der Waals surface area contributed by atoms with E-state index in [1.165, 1.54) is 6.07 Å². The van der Waals surface area contributed by atoms with Gasteiger partial charge in [0.25, 0.3) is 0 Å². The number of rotatable bonds is 2. The molecule has 2 atom stereocenters. The lowest BCUT2D eigenvalue weighted by molar-refractivity contribution is -0.173. The number of hydrogen-bond donors (Lipinski definition) is 1. The Morgan fingerprint density at radius 3 is 2.65 bits per heavy atom. The molecule has 8 heteroatoms. The van der Waals surface area contributed by atoms with Gasteiger partial charge in [0.2, 0.25) is 0 Å². The number of nitrogens with one attached hydrogen (secondary N) is 1. The Bertz CT molecular complexity index is 713. The topological polar surface area (TPSA) is 56.2 Å². The summed E-state index contributed by atoms with van der Waals surface area (Å²) >= 11 is 0. The molecule has 0 fully saturated rings. The van der Waals surface area contributed by atoms with Gasteiger partial charge < -0.3 is 10.1 Å². The van der Waals surface area contributed by atoms with Crippen LogP contribution in [0.25, 0.3) is 0 Å². The molecular weight excluding hydrogens is 311 g/mol. The quantitative estimate of drug-likeness (QED) is 0.861. The molecule has 0 spiro atoms. The zero-order valence-corrected chi connectivity index (χ0v) is 12.2. The van der Waals surface area contributed by atoms with Crippen LogP contribution < -0.4 is 5.32 Å². The van der Waals surface area contributed by atoms with Gasteiger partial charge in [0.15, 0.2) is 11.7 Å². The van der Waals surface area contributed by atoms with Crippen LogP contribution in [0.1, 0.15) is 34.6 Å². The molecule has 0 amide bonds. The summed E-state index contributed by atoms with van der Waals surface area (Å²) in [6, 6.07) is 7.82. The number of nitrogens with zero attached hydrogens (tertiary/aromatic N) is 2. The van der Waals surface area contributed by atoms with Crippen molar-refractivity contribution in [3.05, 3.63) is 47.7 Å². The van der Waals surface area contributed by atoms with E-state index in [2.05, 4.69) is 15.2 Å². The highest BCUT2D eigenvalue weighted by Gasteiger charge is 2.46. The predicted octanol–water partition coefficient (Wildman–Crippen LogP) is 3.33. The summed E-state index contributed by atoms with van der Waals surface area (Å²) in [4.78, 5) is 11.5. The predicted molar refractivity (Wildman–Crippen MR) is 76.1 cm³/mol. The van der Waals surface area contributed by atoms with Gasteiger partial charge in [-0.25, -0.2) is 9.48 Å². The van der Waals surface area contributed by atoms with Crippen molar-refractivity contribution in [1.82, 2.24) is 9.78 Å². The van der Waals surface area contributed by atoms with Crippen LogP contribution in [0.3, 0.4) is 0 Å². The molecule has 1 aromatic heterocycles. The van der Waals surface area contributed by atoms with Gasteiger partial charge in [-0.15, -0.1) is 0 Å². The van der Waals surface area contributed by atoms with Gasteiger partial charge in [0, 0.05) is 12.5 Å². The van der Waals surface area contributed by atoms with Crippen molar-refractivity contribution in [3.8, 4) is 0 Å². The number of esters is 1. The summed E-state index contributed by atoms with van der Waals surface area (Å²) in [5.41, 5.74) is 0.590. The second-order valence-electron chi connectivity index (χ2n) is 5.25.